The highest BCUT2D eigenvalue weighted by Crippen LogP contribution is 2.39. The molecule has 1 aliphatic heterocycles. The third kappa shape index (κ3) is 2.92. The van der Waals surface area contributed by atoms with Crippen LogP contribution in [0, 0.1) is 5.92 Å². The first-order valence-electron chi connectivity index (χ1n) is 9.85. The van der Waals surface area contributed by atoms with Gasteiger partial charge in [-0.15, -0.1) is 12.4 Å². The normalized spacial score (nSPS) is 16.8. The van der Waals surface area contributed by atoms with Gasteiger partial charge in [-0.2, -0.15) is 0 Å². The van der Waals surface area contributed by atoms with E-state index < -0.39 is 5.91 Å². The number of carbonyl (C=O) groups excluding carboxylic acids is 2. The molecular weight excluding hydrogens is 390 g/mol. The maximum absolute atomic E-state index is 12.4. The molecule has 1 saturated heterocycles. The van der Waals surface area contributed by atoms with E-state index in [9.17, 15) is 9.59 Å². The van der Waals surface area contributed by atoms with Gasteiger partial charge in [-0.25, -0.2) is 4.98 Å². The number of amides is 2. The lowest BCUT2D eigenvalue weighted by Gasteiger charge is -2.34. The molecule has 152 valence electrons. The minimum Gasteiger partial charge on any atom is -0.369 e. The molecule has 8 heteroatoms. The van der Waals surface area contributed by atoms with Crippen LogP contribution in [0.3, 0.4) is 0 Å². The topological polar surface area (TPSA) is 107 Å². The van der Waals surface area contributed by atoms with Crippen molar-refractivity contribution in [2.75, 3.05) is 18.0 Å². The maximum atomic E-state index is 12.4. The minimum atomic E-state index is -0.419. The molecule has 29 heavy (non-hydrogen) atoms. The Hall–Kier alpha value is -2.80. The molecule has 1 aromatic carbocycles. The summed E-state index contributed by atoms with van der Waals surface area (Å²) in [4.78, 5) is 31.1. The van der Waals surface area contributed by atoms with Crippen molar-refractivity contribution in [1.29, 1.82) is 0 Å². The van der Waals surface area contributed by atoms with Gasteiger partial charge in [-0.1, -0.05) is 12.1 Å². The molecule has 1 fully saturated rings. The number of hydrogen-bond donors (Lipinski definition) is 2. The fraction of sp³-hybridized carbons (Fsp3) is 0.381. The molecule has 4 N–H and O–H groups in total. The Morgan fingerprint density at radius 1 is 1.03 bits per heavy atom. The smallest absolute Gasteiger partial charge is 0.252 e. The van der Waals surface area contributed by atoms with E-state index in [1.807, 2.05) is 24.3 Å². The number of primary amides is 2. The van der Waals surface area contributed by atoms with Crippen LogP contribution < -0.4 is 16.4 Å². The number of rotatable bonds is 3. The zero-order chi connectivity index (χ0) is 19.4. The van der Waals surface area contributed by atoms with E-state index >= 15 is 0 Å². The lowest BCUT2D eigenvalue weighted by atomic mass is 9.95. The molecule has 5 rings (SSSR count). The van der Waals surface area contributed by atoms with E-state index in [1.165, 1.54) is 5.56 Å². The van der Waals surface area contributed by atoms with Gasteiger partial charge in [-0.3, -0.25) is 14.0 Å². The van der Waals surface area contributed by atoms with Crippen molar-refractivity contribution in [3.8, 4) is 0 Å². The molecule has 0 spiro atoms. The number of nitrogens with zero attached hydrogens (tertiary/aromatic N) is 3. The standard InChI is InChI=1S/C21H23N5O2.ClH/c22-18(27)12-8-10-25(11-9-12)21-14-5-3-4-13(14)17(19(23)28)20-24-15-6-1-2-7-16(15)26(20)21;/h1-2,6-7,12H,3-5,8-11H2,(H2,22,27)(H2,23,28);1H. The highest BCUT2D eigenvalue weighted by molar-refractivity contribution is 6.03. The molecule has 7 nitrogen and oxygen atoms in total. The lowest BCUT2D eigenvalue weighted by Crippen LogP contribution is -2.40. The van der Waals surface area contributed by atoms with Gasteiger partial charge in [0, 0.05) is 19.0 Å². The second-order valence-corrected chi connectivity index (χ2v) is 7.80. The summed E-state index contributed by atoms with van der Waals surface area (Å²) in [6.07, 6.45) is 4.26. The molecule has 0 saturated carbocycles. The molecule has 3 heterocycles. The number of benzene rings is 1. The highest BCUT2D eigenvalue weighted by Gasteiger charge is 2.32. The van der Waals surface area contributed by atoms with Gasteiger partial charge in [0.25, 0.3) is 5.91 Å². The van der Waals surface area contributed by atoms with Crippen LogP contribution in [0.25, 0.3) is 16.7 Å². The summed E-state index contributed by atoms with van der Waals surface area (Å²) >= 11 is 0. The zero-order valence-corrected chi connectivity index (χ0v) is 16.9. The molecule has 0 radical (unpaired) electrons. The van der Waals surface area contributed by atoms with Crippen LogP contribution >= 0.6 is 12.4 Å². The van der Waals surface area contributed by atoms with E-state index in [-0.39, 0.29) is 24.2 Å². The van der Waals surface area contributed by atoms with Crippen LogP contribution in [0.4, 0.5) is 5.82 Å². The number of imidazole rings is 1. The molecule has 2 aliphatic rings. The fourth-order valence-corrected chi connectivity index (χ4v) is 4.91. The van der Waals surface area contributed by atoms with Gasteiger partial charge < -0.3 is 16.4 Å². The first-order valence-corrected chi connectivity index (χ1v) is 9.85. The number of aromatic nitrogens is 2. The SMILES string of the molecule is Cl.NC(=O)c1c2c(c(N3CCC(C(N)=O)CC3)n3c1nc1ccccc13)CCC2. The molecule has 2 aromatic heterocycles. The van der Waals surface area contributed by atoms with Crippen LogP contribution in [0.1, 0.15) is 40.7 Å². The molecule has 3 aromatic rings. The van der Waals surface area contributed by atoms with Crippen LogP contribution in [-0.2, 0) is 17.6 Å². The summed E-state index contributed by atoms with van der Waals surface area (Å²) in [7, 11) is 0. The molecule has 1 aliphatic carbocycles. The van der Waals surface area contributed by atoms with Crippen molar-refractivity contribution in [1.82, 2.24) is 9.38 Å². The van der Waals surface area contributed by atoms with Crippen molar-refractivity contribution in [2.45, 2.75) is 32.1 Å². The van der Waals surface area contributed by atoms with Crippen molar-refractivity contribution >= 4 is 46.7 Å². The molecule has 0 bridgehead atoms. The maximum Gasteiger partial charge on any atom is 0.252 e. The number of hydrogen-bond acceptors (Lipinski definition) is 4. The van der Waals surface area contributed by atoms with Crippen molar-refractivity contribution in [2.24, 2.45) is 17.4 Å². The van der Waals surface area contributed by atoms with Gasteiger partial charge in [-0.05, 0) is 55.4 Å². The van der Waals surface area contributed by atoms with Crippen LogP contribution in [0.5, 0.6) is 0 Å². The molecule has 0 atom stereocenters. The van der Waals surface area contributed by atoms with Crippen LogP contribution in [-0.4, -0.2) is 34.3 Å². The average molecular weight is 414 g/mol. The molecule has 2 amide bonds. The fourth-order valence-electron chi connectivity index (χ4n) is 4.91. The second-order valence-electron chi connectivity index (χ2n) is 7.80. The molecule has 0 unspecified atom stereocenters. The highest BCUT2D eigenvalue weighted by atomic mass is 35.5. The Bertz CT molecular complexity index is 1130. The van der Waals surface area contributed by atoms with E-state index in [2.05, 4.69) is 9.30 Å². The van der Waals surface area contributed by atoms with Gasteiger partial charge in [0.2, 0.25) is 5.91 Å². The van der Waals surface area contributed by atoms with Crippen LogP contribution in [0.2, 0.25) is 0 Å². The number of para-hydroxylation sites is 2. The van der Waals surface area contributed by atoms with E-state index in [1.54, 1.807) is 0 Å². The largest absolute Gasteiger partial charge is 0.369 e. The summed E-state index contributed by atoms with van der Waals surface area (Å²) in [5.41, 5.74) is 16.6. The number of nitrogens with two attached hydrogens (primary N) is 2. The van der Waals surface area contributed by atoms with Gasteiger partial charge in [0.15, 0.2) is 5.65 Å². The Kier molecular flexibility index (Phi) is 4.86. The Labute approximate surface area is 174 Å². The molecular formula is C21H24ClN5O2. The first kappa shape index (κ1) is 19.5. The predicted molar refractivity (Wildman–Crippen MR) is 115 cm³/mol. The third-order valence-corrected chi connectivity index (χ3v) is 6.23. The monoisotopic (exact) mass is 413 g/mol. The lowest BCUT2D eigenvalue weighted by molar-refractivity contribution is -0.122. The van der Waals surface area contributed by atoms with Crippen LogP contribution in [0.15, 0.2) is 24.3 Å². The Balaban J connectivity index is 0.00000205. The summed E-state index contributed by atoms with van der Waals surface area (Å²) in [6.45, 7) is 1.52. The Morgan fingerprint density at radius 2 is 1.72 bits per heavy atom. The summed E-state index contributed by atoms with van der Waals surface area (Å²) in [5.74, 6) is 0.401. The van der Waals surface area contributed by atoms with Gasteiger partial charge >= 0.3 is 0 Å². The second kappa shape index (κ2) is 7.22. The minimum absolute atomic E-state index is 0. The number of fused-ring (bicyclic) bond motifs is 4. The van der Waals surface area contributed by atoms with E-state index in [0.29, 0.717) is 11.2 Å². The summed E-state index contributed by atoms with van der Waals surface area (Å²) in [6, 6.07) is 7.92. The van der Waals surface area contributed by atoms with Gasteiger partial charge in [0.1, 0.15) is 5.82 Å². The van der Waals surface area contributed by atoms with Crippen molar-refractivity contribution in [3.05, 3.63) is 41.0 Å². The number of carbonyl (C=O) groups is 2. The number of halogens is 1. The number of piperidine rings is 1. The van der Waals surface area contributed by atoms with E-state index in [0.717, 1.165) is 67.6 Å². The predicted octanol–water partition coefficient (Wildman–Crippen LogP) is 2.20. The summed E-state index contributed by atoms with van der Waals surface area (Å²) < 4.78 is 2.10. The zero-order valence-electron chi connectivity index (χ0n) is 16.1. The summed E-state index contributed by atoms with van der Waals surface area (Å²) in [5, 5.41) is 0. The van der Waals surface area contributed by atoms with Crippen molar-refractivity contribution in [3.63, 3.8) is 0 Å². The third-order valence-electron chi connectivity index (χ3n) is 6.23. The number of pyridine rings is 1. The van der Waals surface area contributed by atoms with Crippen molar-refractivity contribution < 1.29 is 9.59 Å². The Morgan fingerprint density at radius 3 is 2.41 bits per heavy atom. The first-order chi connectivity index (χ1) is 13.6. The average Bonchev–Trinajstić information content (AvgIpc) is 3.30. The number of anilines is 1. The van der Waals surface area contributed by atoms with E-state index in [4.69, 9.17) is 16.5 Å². The quantitative estimate of drug-likeness (QED) is 0.686. The van der Waals surface area contributed by atoms with Gasteiger partial charge in [0.05, 0.1) is 16.6 Å².